The molecule has 4 heteroatoms. The third kappa shape index (κ3) is 1.60. The molecule has 3 nitrogen and oxygen atoms in total. The van der Waals surface area contributed by atoms with Crippen molar-refractivity contribution >= 4 is 13.3 Å². The zero-order valence-electron chi connectivity index (χ0n) is 6.00. The Morgan fingerprint density at radius 3 is 2.80 bits per heavy atom. The van der Waals surface area contributed by atoms with Crippen LogP contribution in [0.15, 0.2) is 0 Å². The Morgan fingerprint density at radius 1 is 1.70 bits per heavy atom. The molecule has 10 heavy (non-hydrogen) atoms. The van der Waals surface area contributed by atoms with Gasteiger partial charge in [-0.05, 0) is 6.42 Å². The summed E-state index contributed by atoms with van der Waals surface area (Å²) in [6, 6.07) is 0. The highest BCUT2D eigenvalue weighted by atomic mass is 31.2. The molecule has 0 radical (unpaired) electrons. The number of hydrogen-bond acceptors (Lipinski definition) is 3. The Bertz CT molecular complexity index is 187. The molecule has 0 spiro atoms. The molecule has 0 N–H and O–H groups in total. The average molecular weight is 162 g/mol. The molecule has 1 aliphatic rings. The minimum atomic E-state index is -2.48. The molecular formula is C6H11O3P. The van der Waals surface area contributed by atoms with Crippen LogP contribution in [-0.4, -0.2) is 18.3 Å². The first-order chi connectivity index (χ1) is 4.66. The van der Waals surface area contributed by atoms with E-state index in [0.717, 1.165) is 6.42 Å². The van der Waals surface area contributed by atoms with Crippen LogP contribution in [0.2, 0.25) is 0 Å². The maximum atomic E-state index is 11.4. The fourth-order valence-corrected chi connectivity index (χ4v) is 3.11. The molecular weight excluding hydrogens is 151 g/mol. The van der Waals surface area contributed by atoms with Gasteiger partial charge in [-0.3, -0.25) is 9.36 Å². The van der Waals surface area contributed by atoms with Gasteiger partial charge in [-0.2, -0.15) is 0 Å². The third-order valence-corrected chi connectivity index (χ3v) is 4.06. The van der Waals surface area contributed by atoms with Gasteiger partial charge >= 0.3 is 5.97 Å². The lowest BCUT2D eigenvalue weighted by Crippen LogP contribution is -1.90. The van der Waals surface area contributed by atoms with Gasteiger partial charge in [0.05, 0.1) is 6.42 Å². The van der Waals surface area contributed by atoms with Crippen LogP contribution in [0.5, 0.6) is 0 Å². The normalized spacial score (nSPS) is 32.3. The second-order valence-electron chi connectivity index (χ2n) is 2.48. The molecule has 1 aliphatic heterocycles. The molecule has 0 aromatic heterocycles. The van der Waals surface area contributed by atoms with Gasteiger partial charge in [0.1, 0.15) is 0 Å². The van der Waals surface area contributed by atoms with Gasteiger partial charge in [-0.15, -0.1) is 0 Å². The van der Waals surface area contributed by atoms with Crippen LogP contribution < -0.4 is 0 Å². The van der Waals surface area contributed by atoms with E-state index < -0.39 is 7.37 Å². The highest BCUT2D eigenvalue weighted by Gasteiger charge is 2.33. The van der Waals surface area contributed by atoms with Crippen molar-refractivity contribution in [2.75, 3.05) is 12.3 Å². The quantitative estimate of drug-likeness (QED) is 0.579. The van der Waals surface area contributed by atoms with Crippen molar-refractivity contribution in [1.82, 2.24) is 0 Å². The maximum Gasteiger partial charge on any atom is 0.311 e. The lowest BCUT2D eigenvalue weighted by molar-refractivity contribution is -0.132. The van der Waals surface area contributed by atoms with Crippen LogP contribution in [0.25, 0.3) is 0 Å². The summed E-state index contributed by atoms with van der Waals surface area (Å²) in [6.07, 6.45) is 2.18. The molecule has 1 fully saturated rings. The fourth-order valence-electron chi connectivity index (χ4n) is 1.04. The second kappa shape index (κ2) is 2.75. The molecule has 58 valence electrons. The highest BCUT2D eigenvalue weighted by Crippen LogP contribution is 2.52. The van der Waals surface area contributed by atoms with E-state index in [4.69, 9.17) is 4.52 Å². The summed E-state index contributed by atoms with van der Waals surface area (Å²) in [5, 5.41) is 0. The third-order valence-electron chi connectivity index (χ3n) is 1.49. The summed E-state index contributed by atoms with van der Waals surface area (Å²) >= 11 is 0. The summed E-state index contributed by atoms with van der Waals surface area (Å²) in [5.74, 6) is -0.295. The van der Waals surface area contributed by atoms with E-state index in [1.807, 2.05) is 6.92 Å². The van der Waals surface area contributed by atoms with Crippen LogP contribution in [0, 0.1) is 0 Å². The molecule has 0 aromatic carbocycles. The van der Waals surface area contributed by atoms with Crippen LogP contribution in [0.3, 0.4) is 0 Å². The van der Waals surface area contributed by atoms with E-state index in [2.05, 4.69) is 0 Å². The minimum Gasteiger partial charge on any atom is -0.412 e. The zero-order valence-corrected chi connectivity index (χ0v) is 6.89. The number of hydrogen-bond donors (Lipinski definition) is 0. The van der Waals surface area contributed by atoms with Gasteiger partial charge in [0, 0.05) is 12.3 Å². The minimum absolute atomic E-state index is 0.295. The molecule has 1 unspecified atom stereocenters. The van der Waals surface area contributed by atoms with Gasteiger partial charge in [-0.1, -0.05) is 6.92 Å². The van der Waals surface area contributed by atoms with Crippen LogP contribution in [0.4, 0.5) is 0 Å². The monoisotopic (exact) mass is 162 g/mol. The summed E-state index contributed by atoms with van der Waals surface area (Å²) < 4.78 is 16.1. The molecule has 0 aliphatic carbocycles. The smallest absolute Gasteiger partial charge is 0.311 e. The van der Waals surface area contributed by atoms with Gasteiger partial charge in [0.15, 0.2) is 0 Å². The largest absolute Gasteiger partial charge is 0.412 e. The molecule has 1 heterocycles. The van der Waals surface area contributed by atoms with Crippen molar-refractivity contribution < 1.29 is 13.9 Å². The Kier molecular flexibility index (Phi) is 2.14. The van der Waals surface area contributed by atoms with Crippen molar-refractivity contribution in [3.8, 4) is 0 Å². The Morgan fingerprint density at radius 2 is 2.40 bits per heavy atom. The molecule has 0 saturated carbocycles. The van der Waals surface area contributed by atoms with Crippen molar-refractivity contribution in [3.05, 3.63) is 0 Å². The number of carbonyl (C=O) groups is 1. The SMILES string of the molecule is CCCP1(=O)CCC(=O)O1. The zero-order chi connectivity index (χ0) is 7.61. The van der Waals surface area contributed by atoms with E-state index in [0.29, 0.717) is 18.7 Å². The Balaban J connectivity index is 2.55. The Labute approximate surface area is 60.2 Å². The first kappa shape index (κ1) is 7.80. The first-order valence-electron chi connectivity index (χ1n) is 3.47. The average Bonchev–Trinajstić information content (AvgIpc) is 2.12. The molecule has 1 rings (SSSR count). The molecule has 0 bridgehead atoms. The van der Waals surface area contributed by atoms with Crippen LogP contribution >= 0.6 is 7.37 Å². The lowest BCUT2D eigenvalue weighted by Gasteiger charge is -2.06. The Hall–Kier alpha value is -0.300. The molecule has 1 saturated heterocycles. The number of carbonyl (C=O) groups excluding carboxylic acids is 1. The van der Waals surface area contributed by atoms with Crippen molar-refractivity contribution in [2.24, 2.45) is 0 Å². The topological polar surface area (TPSA) is 43.4 Å². The summed E-state index contributed by atoms with van der Waals surface area (Å²) in [4.78, 5) is 10.5. The highest BCUT2D eigenvalue weighted by molar-refractivity contribution is 7.60. The van der Waals surface area contributed by atoms with E-state index in [1.54, 1.807) is 0 Å². The number of rotatable bonds is 2. The maximum absolute atomic E-state index is 11.4. The van der Waals surface area contributed by atoms with Gasteiger partial charge in [-0.25, -0.2) is 0 Å². The van der Waals surface area contributed by atoms with Gasteiger partial charge < -0.3 is 4.52 Å². The van der Waals surface area contributed by atoms with Gasteiger partial charge in [0.2, 0.25) is 0 Å². The van der Waals surface area contributed by atoms with Crippen molar-refractivity contribution in [1.29, 1.82) is 0 Å². The standard InChI is InChI=1S/C6H11O3P/c1-2-4-10(8)5-3-6(7)9-10/h2-5H2,1H3. The van der Waals surface area contributed by atoms with Gasteiger partial charge in [0.25, 0.3) is 7.37 Å². The van der Waals surface area contributed by atoms with Crippen molar-refractivity contribution in [2.45, 2.75) is 19.8 Å². The molecule has 1 atom stereocenters. The molecule has 0 aromatic rings. The predicted molar refractivity (Wildman–Crippen MR) is 38.3 cm³/mol. The summed E-state index contributed by atoms with van der Waals surface area (Å²) in [6.45, 7) is 1.94. The predicted octanol–water partition coefficient (Wildman–Crippen LogP) is 1.62. The summed E-state index contributed by atoms with van der Waals surface area (Å²) in [7, 11) is -2.48. The van der Waals surface area contributed by atoms with Crippen LogP contribution in [-0.2, 0) is 13.9 Å². The lowest BCUT2D eigenvalue weighted by atomic mass is 10.5. The van der Waals surface area contributed by atoms with Crippen molar-refractivity contribution in [3.63, 3.8) is 0 Å². The van der Waals surface area contributed by atoms with Crippen LogP contribution in [0.1, 0.15) is 19.8 Å². The van der Waals surface area contributed by atoms with E-state index in [9.17, 15) is 9.36 Å². The second-order valence-corrected chi connectivity index (χ2v) is 5.18. The van der Waals surface area contributed by atoms with E-state index >= 15 is 0 Å². The van der Waals surface area contributed by atoms with E-state index in [-0.39, 0.29) is 5.97 Å². The first-order valence-corrected chi connectivity index (χ1v) is 5.46. The van der Waals surface area contributed by atoms with E-state index in [1.165, 1.54) is 0 Å². The fraction of sp³-hybridized carbons (Fsp3) is 0.833. The summed E-state index contributed by atoms with van der Waals surface area (Å²) in [5.41, 5.74) is 0. The molecule has 0 amide bonds.